The van der Waals surface area contributed by atoms with Crippen molar-refractivity contribution in [3.05, 3.63) is 83.6 Å². The lowest BCUT2D eigenvalue weighted by atomic mass is 10.1. The lowest BCUT2D eigenvalue weighted by molar-refractivity contribution is -0.118. The Balaban J connectivity index is 1.60. The third-order valence-electron chi connectivity index (χ3n) is 5.67. The predicted octanol–water partition coefficient (Wildman–Crippen LogP) is 2.83. The van der Waals surface area contributed by atoms with Crippen molar-refractivity contribution >= 4 is 33.3 Å². The lowest BCUT2D eigenvalue weighted by Crippen LogP contribution is -2.45. The van der Waals surface area contributed by atoms with Crippen LogP contribution in [0.5, 0.6) is 0 Å². The molecule has 2 N–H and O–H groups in total. The van der Waals surface area contributed by atoms with Gasteiger partial charge in [0.15, 0.2) is 0 Å². The summed E-state index contributed by atoms with van der Waals surface area (Å²) in [6, 6.07) is 18.0. The van der Waals surface area contributed by atoms with Crippen LogP contribution in [0.3, 0.4) is 0 Å². The predicted molar refractivity (Wildman–Crippen MR) is 130 cm³/mol. The van der Waals surface area contributed by atoms with E-state index < -0.39 is 22.0 Å². The van der Waals surface area contributed by atoms with Gasteiger partial charge < -0.3 is 10.2 Å². The maximum absolute atomic E-state index is 13.3. The fraction of sp³-hybridized carbons (Fsp3) is 0.240. The third-order valence-corrected chi connectivity index (χ3v) is 7.14. The highest BCUT2D eigenvalue weighted by Crippen LogP contribution is 2.30. The summed E-state index contributed by atoms with van der Waals surface area (Å²) in [6.07, 6.45) is 0.742. The first kappa shape index (κ1) is 23.6. The maximum atomic E-state index is 13.3. The van der Waals surface area contributed by atoms with Gasteiger partial charge in [-0.3, -0.25) is 9.59 Å². The molecule has 0 fully saturated rings. The Morgan fingerprint density at radius 2 is 1.82 bits per heavy atom. The summed E-state index contributed by atoms with van der Waals surface area (Å²) in [6.45, 7) is 3.81. The molecule has 3 aromatic rings. The van der Waals surface area contributed by atoms with Crippen molar-refractivity contribution in [3.63, 3.8) is 0 Å². The van der Waals surface area contributed by atoms with E-state index in [1.807, 2.05) is 30.3 Å². The Kier molecular flexibility index (Phi) is 6.76. The highest BCUT2D eigenvalue weighted by molar-refractivity contribution is 7.89. The zero-order valence-electron chi connectivity index (χ0n) is 19.0. The SMILES string of the molecule is CC(=O)N1CCc2cc(S(=O)(=O)N[C@H](Cc3ccccc3)C(=O)Nc3cccc(C)n3)ccc21. The summed E-state index contributed by atoms with van der Waals surface area (Å²) in [4.78, 5) is 30.9. The van der Waals surface area contributed by atoms with Crippen LogP contribution in [-0.4, -0.2) is 37.8 Å². The zero-order chi connectivity index (χ0) is 24.3. The molecule has 1 aliphatic heterocycles. The summed E-state index contributed by atoms with van der Waals surface area (Å²) < 4.78 is 29.1. The van der Waals surface area contributed by atoms with Gasteiger partial charge in [0.25, 0.3) is 0 Å². The first-order chi connectivity index (χ1) is 16.2. The minimum Gasteiger partial charge on any atom is -0.312 e. The van der Waals surface area contributed by atoms with Crippen molar-refractivity contribution in [2.45, 2.75) is 37.6 Å². The second kappa shape index (κ2) is 9.74. The van der Waals surface area contributed by atoms with E-state index in [4.69, 9.17) is 0 Å². The fourth-order valence-electron chi connectivity index (χ4n) is 3.99. The topological polar surface area (TPSA) is 108 Å². The second-order valence-corrected chi connectivity index (χ2v) is 9.94. The average molecular weight is 479 g/mol. The van der Waals surface area contributed by atoms with Crippen molar-refractivity contribution in [3.8, 4) is 0 Å². The first-order valence-corrected chi connectivity index (χ1v) is 12.4. The molecule has 9 heteroatoms. The van der Waals surface area contributed by atoms with Gasteiger partial charge in [-0.2, -0.15) is 4.72 Å². The number of fused-ring (bicyclic) bond motifs is 1. The Bertz CT molecular complexity index is 1330. The largest absolute Gasteiger partial charge is 0.312 e. The molecule has 4 rings (SSSR count). The van der Waals surface area contributed by atoms with Gasteiger partial charge in [-0.15, -0.1) is 0 Å². The molecule has 0 aliphatic carbocycles. The standard InChI is InChI=1S/C25H26N4O4S/c1-17-7-6-10-24(26-17)27-25(31)22(15-19-8-4-3-5-9-19)28-34(32,33)21-11-12-23-20(16-21)13-14-29(23)18(2)30/h3-12,16,22,28H,13-15H2,1-2H3,(H,26,27,31)/t22-/m1/s1. The molecule has 1 aromatic heterocycles. The van der Waals surface area contributed by atoms with E-state index in [0.717, 1.165) is 22.5 Å². The molecule has 0 spiro atoms. The number of carbonyl (C=O) groups excluding carboxylic acids is 2. The third kappa shape index (κ3) is 5.32. The Hall–Kier alpha value is -3.56. The van der Waals surface area contributed by atoms with Crippen molar-refractivity contribution in [1.29, 1.82) is 0 Å². The van der Waals surface area contributed by atoms with Gasteiger partial charge in [-0.25, -0.2) is 13.4 Å². The molecule has 1 atom stereocenters. The van der Waals surface area contributed by atoms with Crippen LogP contribution in [0.1, 0.15) is 23.7 Å². The van der Waals surface area contributed by atoms with E-state index in [9.17, 15) is 18.0 Å². The summed E-state index contributed by atoms with van der Waals surface area (Å²) in [5.74, 6) is -0.240. The van der Waals surface area contributed by atoms with Crippen LogP contribution in [0.4, 0.5) is 11.5 Å². The second-order valence-electron chi connectivity index (χ2n) is 8.23. The quantitative estimate of drug-likeness (QED) is 0.543. The van der Waals surface area contributed by atoms with Crippen LogP contribution < -0.4 is 14.9 Å². The normalized spacial score (nSPS) is 13.9. The van der Waals surface area contributed by atoms with Gasteiger partial charge in [-0.1, -0.05) is 36.4 Å². The molecule has 2 heterocycles. The lowest BCUT2D eigenvalue weighted by Gasteiger charge is -2.19. The van der Waals surface area contributed by atoms with Crippen LogP contribution in [0, 0.1) is 6.92 Å². The minimum atomic E-state index is -4.02. The molecule has 34 heavy (non-hydrogen) atoms. The van der Waals surface area contributed by atoms with E-state index in [2.05, 4.69) is 15.0 Å². The van der Waals surface area contributed by atoms with E-state index in [1.54, 1.807) is 42.2 Å². The maximum Gasteiger partial charge on any atom is 0.244 e. The molecule has 8 nitrogen and oxygen atoms in total. The number of aromatic nitrogens is 1. The molecule has 0 saturated heterocycles. The molecule has 0 radical (unpaired) electrons. The summed E-state index contributed by atoms with van der Waals surface area (Å²) >= 11 is 0. The number of hydrogen-bond donors (Lipinski definition) is 2. The number of hydrogen-bond acceptors (Lipinski definition) is 5. The molecule has 0 bridgehead atoms. The van der Waals surface area contributed by atoms with Crippen molar-refractivity contribution in [2.24, 2.45) is 0 Å². The Morgan fingerprint density at radius 3 is 2.53 bits per heavy atom. The average Bonchev–Trinajstić information content (AvgIpc) is 3.23. The summed E-state index contributed by atoms with van der Waals surface area (Å²) in [5, 5.41) is 2.72. The molecule has 176 valence electrons. The number of pyridine rings is 1. The van der Waals surface area contributed by atoms with Crippen LogP contribution in [0.25, 0.3) is 0 Å². The molecular weight excluding hydrogens is 452 g/mol. The van der Waals surface area contributed by atoms with Crippen molar-refractivity contribution in [1.82, 2.24) is 9.71 Å². The van der Waals surface area contributed by atoms with Gasteiger partial charge in [0.1, 0.15) is 11.9 Å². The molecule has 0 unspecified atom stereocenters. The zero-order valence-corrected chi connectivity index (χ0v) is 19.8. The number of rotatable bonds is 7. The number of anilines is 2. The highest BCUT2D eigenvalue weighted by Gasteiger charge is 2.29. The number of benzene rings is 2. The fourth-order valence-corrected chi connectivity index (χ4v) is 5.24. The van der Waals surface area contributed by atoms with Gasteiger partial charge in [0.2, 0.25) is 21.8 Å². The van der Waals surface area contributed by atoms with Gasteiger partial charge >= 0.3 is 0 Å². The number of nitrogens with one attached hydrogen (secondary N) is 2. The molecular formula is C25H26N4O4S. The van der Waals surface area contributed by atoms with E-state index in [0.29, 0.717) is 18.8 Å². The van der Waals surface area contributed by atoms with Crippen LogP contribution >= 0.6 is 0 Å². The van der Waals surface area contributed by atoms with E-state index in [1.165, 1.54) is 13.0 Å². The van der Waals surface area contributed by atoms with Crippen LogP contribution in [0.15, 0.2) is 71.6 Å². The number of sulfonamides is 1. The van der Waals surface area contributed by atoms with E-state index in [-0.39, 0.29) is 17.2 Å². The van der Waals surface area contributed by atoms with Crippen LogP contribution in [-0.2, 0) is 32.5 Å². The van der Waals surface area contributed by atoms with E-state index >= 15 is 0 Å². The monoisotopic (exact) mass is 478 g/mol. The van der Waals surface area contributed by atoms with Crippen molar-refractivity contribution < 1.29 is 18.0 Å². The number of nitrogens with zero attached hydrogens (tertiary/aromatic N) is 2. The highest BCUT2D eigenvalue weighted by atomic mass is 32.2. The van der Waals surface area contributed by atoms with Crippen LogP contribution in [0.2, 0.25) is 0 Å². The Morgan fingerprint density at radius 1 is 1.06 bits per heavy atom. The summed E-state index contributed by atoms with van der Waals surface area (Å²) in [7, 11) is -4.02. The molecule has 0 saturated carbocycles. The van der Waals surface area contributed by atoms with Gasteiger partial charge in [0, 0.05) is 24.8 Å². The Labute approximate surface area is 199 Å². The van der Waals surface area contributed by atoms with Gasteiger partial charge in [0.05, 0.1) is 4.90 Å². The number of aryl methyl sites for hydroxylation is 1. The van der Waals surface area contributed by atoms with Crippen molar-refractivity contribution in [2.75, 3.05) is 16.8 Å². The molecule has 2 aromatic carbocycles. The minimum absolute atomic E-state index is 0.0520. The van der Waals surface area contributed by atoms with Gasteiger partial charge in [-0.05, 0) is 61.2 Å². The number of amides is 2. The summed E-state index contributed by atoms with van der Waals surface area (Å²) in [5.41, 5.74) is 3.05. The molecule has 2 amide bonds. The molecule has 1 aliphatic rings. The first-order valence-electron chi connectivity index (χ1n) is 10.9. The number of carbonyl (C=O) groups is 2. The smallest absolute Gasteiger partial charge is 0.244 e.